The molecule has 2 aromatic rings. The van der Waals surface area contributed by atoms with Crippen LogP contribution in [0.5, 0.6) is 5.75 Å². The summed E-state index contributed by atoms with van der Waals surface area (Å²) in [5.41, 5.74) is -0.322. The molecule has 3 rings (SSSR count). The second kappa shape index (κ2) is 10.8. The Kier molecular flexibility index (Phi) is 8.26. The number of carbonyl (C=O) groups excluding carboxylic acids is 2. The van der Waals surface area contributed by atoms with Crippen molar-refractivity contribution in [2.24, 2.45) is 11.3 Å². The molecular weight excluding hydrogens is 469 g/mol. The van der Waals surface area contributed by atoms with Gasteiger partial charge in [-0.15, -0.1) is 13.2 Å². The molecule has 1 atom stereocenters. The number of aliphatic hydroxyl groups is 1. The normalized spacial score (nSPS) is 16.2. The molecule has 0 unspecified atom stereocenters. The standard InChI is InChI=1S/C23H31F3N4O5/c1-22(2,3)19(21(33)27-8-9-31)28-20(32)18-16-12-15(35-23(24,25)26)4-5-17(16)30(29-18)13-14-6-10-34-11-7-14/h4-5,12,14,19,31H,6-11,13H2,1-3H3,(H,27,33)(H,28,32)/t19-/m1/s1. The van der Waals surface area contributed by atoms with Gasteiger partial charge in [0.15, 0.2) is 5.69 Å². The molecule has 35 heavy (non-hydrogen) atoms. The van der Waals surface area contributed by atoms with Crippen molar-refractivity contribution in [3.63, 3.8) is 0 Å². The Morgan fingerprint density at radius 1 is 1.26 bits per heavy atom. The number of hydrogen-bond donors (Lipinski definition) is 3. The van der Waals surface area contributed by atoms with Gasteiger partial charge < -0.3 is 25.2 Å². The molecule has 2 amide bonds. The van der Waals surface area contributed by atoms with Gasteiger partial charge in [0, 0.05) is 31.7 Å². The summed E-state index contributed by atoms with van der Waals surface area (Å²) < 4.78 is 49.5. The molecule has 3 N–H and O–H groups in total. The van der Waals surface area contributed by atoms with Crippen LogP contribution >= 0.6 is 0 Å². The molecule has 1 aliphatic heterocycles. The van der Waals surface area contributed by atoms with Crippen molar-refractivity contribution in [2.45, 2.75) is 52.6 Å². The van der Waals surface area contributed by atoms with Crippen molar-refractivity contribution >= 4 is 22.7 Å². The van der Waals surface area contributed by atoms with E-state index in [1.165, 1.54) is 12.1 Å². The first-order valence-corrected chi connectivity index (χ1v) is 11.4. The van der Waals surface area contributed by atoms with Gasteiger partial charge >= 0.3 is 6.36 Å². The van der Waals surface area contributed by atoms with E-state index < -0.39 is 35.4 Å². The molecule has 0 radical (unpaired) electrons. The number of halogens is 3. The number of aliphatic hydroxyl groups excluding tert-OH is 1. The second-order valence-electron chi connectivity index (χ2n) is 9.60. The van der Waals surface area contributed by atoms with Crippen LogP contribution in [0.15, 0.2) is 18.2 Å². The van der Waals surface area contributed by atoms with Crippen LogP contribution in [-0.4, -0.2) is 65.5 Å². The Morgan fingerprint density at radius 2 is 1.94 bits per heavy atom. The lowest BCUT2D eigenvalue weighted by atomic mass is 9.86. The number of carbonyl (C=O) groups is 2. The molecule has 2 heterocycles. The van der Waals surface area contributed by atoms with Crippen LogP contribution in [-0.2, 0) is 16.1 Å². The Hall–Kier alpha value is -2.86. The monoisotopic (exact) mass is 500 g/mol. The van der Waals surface area contributed by atoms with Gasteiger partial charge in [0.1, 0.15) is 11.8 Å². The number of rotatable bonds is 8. The first-order chi connectivity index (χ1) is 16.4. The lowest BCUT2D eigenvalue weighted by Gasteiger charge is -2.30. The minimum atomic E-state index is -4.89. The average Bonchev–Trinajstić information content (AvgIpc) is 3.12. The van der Waals surface area contributed by atoms with Crippen LogP contribution < -0.4 is 15.4 Å². The smallest absolute Gasteiger partial charge is 0.406 e. The maximum absolute atomic E-state index is 13.3. The van der Waals surface area contributed by atoms with E-state index in [-0.39, 0.29) is 30.1 Å². The van der Waals surface area contributed by atoms with Crippen LogP contribution in [0.25, 0.3) is 10.9 Å². The highest BCUT2D eigenvalue weighted by atomic mass is 19.4. The zero-order valence-electron chi connectivity index (χ0n) is 19.9. The van der Waals surface area contributed by atoms with Crippen LogP contribution in [0.3, 0.4) is 0 Å². The highest BCUT2D eigenvalue weighted by Crippen LogP contribution is 2.30. The highest BCUT2D eigenvalue weighted by molar-refractivity contribution is 6.06. The van der Waals surface area contributed by atoms with Crippen molar-refractivity contribution < 1.29 is 37.3 Å². The maximum Gasteiger partial charge on any atom is 0.573 e. The number of aromatic nitrogens is 2. The molecule has 0 bridgehead atoms. The van der Waals surface area contributed by atoms with Gasteiger partial charge in [-0.05, 0) is 42.4 Å². The van der Waals surface area contributed by atoms with Gasteiger partial charge in [0.05, 0.1) is 12.1 Å². The third-order valence-corrected chi connectivity index (χ3v) is 5.76. The minimum absolute atomic E-state index is 0.0160. The van der Waals surface area contributed by atoms with E-state index in [1.807, 2.05) is 0 Å². The first-order valence-electron chi connectivity index (χ1n) is 11.4. The lowest BCUT2D eigenvalue weighted by Crippen LogP contribution is -2.54. The lowest BCUT2D eigenvalue weighted by molar-refractivity contribution is -0.274. The molecule has 9 nitrogen and oxygen atoms in total. The Morgan fingerprint density at radius 3 is 2.54 bits per heavy atom. The summed E-state index contributed by atoms with van der Waals surface area (Å²) >= 11 is 0. The molecule has 0 saturated carbocycles. The van der Waals surface area contributed by atoms with Gasteiger partial charge in [-0.25, -0.2) is 0 Å². The molecule has 194 valence electrons. The summed E-state index contributed by atoms with van der Waals surface area (Å²) in [5, 5.41) is 18.8. The average molecular weight is 501 g/mol. The summed E-state index contributed by atoms with van der Waals surface area (Å²) in [6.07, 6.45) is -3.29. The van der Waals surface area contributed by atoms with Crippen LogP contribution in [0.4, 0.5) is 13.2 Å². The van der Waals surface area contributed by atoms with E-state index in [9.17, 15) is 22.8 Å². The van der Waals surface area contributed by atoms with E-state index in [1.54, 1.807) is 25.5 Å². The Labute approximate surface area is 200 Å². The van der Waals surface area contributed by atoms with Crippen molar-refractivity contribution in [2.75, 3.05) is 26.4 Å². The molecule has 0 aliphatic carbocycles. The van der Waals surface area contributed by atoms with Gasteiger partial charge in [0.25, 0.3) is 5.91 Å². The number of ether oxygens (including phenoxy) is 2. The second-order valence-corrected chi connectivity index (χ2v) is 9.60. The van der Waals surface area contributed by atoms with E-state index in [0.717, 1.165) is 18.9 Å². The summed E-state index contributed by atoms with van der Waals surface area (Å²) in [6, 6.07) is 2.77. The summed E-state index contributed by atoms with van der Waals surface area (Å²) in [5.74, 6) is -1.44. The molecule has 1 saturated heterocycles. The Balaban J connectivity index is 1.97. The topological polar surface area (TPSA) is 115 Å². The molecule has 1 aromatic carbocycles. The number of hydrogen-bond acceptors (Lipinski definition) is 6. The van der Waals surface area contributed by atoms with E-state index in [4.69, 9.17) is 9.84 Å². The number of alkyl halides is 3. The zero-order valence-corrected chi connectivity index (χ0v) is 19.9. The van der Waals surface area contributed by atoms with Crippen LogP contribution in [0.1, 0.15) is 44.1 Å². The van der Waals surface area contributed by atoms with Crippen molar-refractivity contribution in [1.82, 2.24) is 20.4 Å². The van der Waals surface area contributed by atoms with Crippen molar-refractivity contribution in [1.29, 1.82) is 0 Å². The summed E-state index contributed by atoms with van der Waals surface area (Å²) in [6.45, 7) is 6.71. The molecular formula is C23H31F3N4O5. The van der Waals surface area contributed by atoms with Crippen molar-refractivity contribution in [3.8, 4) is 5.75 Å². The van der Waals surface area contributed by atoms with Crippen LogP contribution in [0, 0.1) is 11.3 Å². The molecule has 1 fully saturated rings. The third kappa shape index (κ3) is 7.07. The third-order valence-electron chi connectivity index (χ3n) is 5.76. The van der Waals surface area contributed by atoms with E-state index in [2.05, 4.69) is 20.5 Å². The predicted octanol–water partition coefficient (Wildman–Crippen LogP) is 2.61. The fraction of sp³-hybridized carbons (Fsp3) is 0.609. The van der Waals surface area contributed by atoms with Gasteiger partial charge in [-0.1, -0.05) is 20.8 Å². The predicted molar refractivity (Wildman–Crippen MR) is 121 cm³/mol. The van der Waals surface area contributed by atoms with Crippen molar-refractivity contribution in [3.05, 3.63) is 23.9 Å². The van der Waals surface area contributed by atoms with Gasteiger partial charge in [-0.3, -0.25) is 14.3 Å². The molecule has 0 spiro atoms. The first kappa shape index (κ1) is 26.7. The summed E-state index contributed by atoms with van der Waals surface area (Å²) in [4.78, 5) is 25.9. The quantitative estimate of drug-likeness (QED) is 0.514. The van der Waals surface area contributed by atoms with Crippen LogP contribution in [0.2, 0.25) is 0 Å². The molecule has 1 aliphatic rings. The summed E-state index contributed by atoms with van der Waals surface area (Å²) in [7, 11) is 0. The number of nitrogens with zero attached hydrogens (tertiary/aromatic N) is 2. The largest absolute Gasteiger partial charge is 0.573 e. The minimum Gasteiger partial charge on any atom is -0.406 e. The maximum atomic E-state index is 13.3. The van der Waals surface area contributed by atoms with Gasteiger partial charge in [-0.2, -0.15) is 5.10 Å². The zero-order chi connectivity index (χ0) is 25.8. The number of fused-ring (bicyclic) bond motifs is 1. The number of benzene rings is 1. The van der Waals surface area contributed by atoms with E-state index >= 15 is 0 Å². The molecule has 12 heteroatoms. The molecule has 1 aromatic heterocycles. The van der Waals surface area contributed by atoms with Gasteiger partial charge in [0.2, 0.25) is 5.91 Å². The highest BCUT2D eigenvalue weighted by Gasteiger charge is 2.35. The fourth-order valence-electron chi connectivity index (χ4n) is 3.99. The fourth-order valence-corrected chi connectivity index (χ4v) is 3.99. The Bertz CT molecular complexity index is 1040. The number of nitrogens with one attached hydrogen (secondary N) is 2. The SMILES string of the molecule is CC(C)(C)[C@H](NC(=O)c1nn(CC2CCOCC2)c2ccc(OC(F)(F)F)cc12)C(=O)NCCO. The van der Waals surface area contributed by atoms with E-state index in [0.29, 0.717) is 25.3 Å². The number of amides is 2.